The van der Waals surface area contributed by atoms with Crippen LogP contribution in [0.1, 0.15) is 11.1 Å². The number of para-hydroxylation sites is 3. The zero-order valence-corrected chi connectivity index (χ0v) is 39.5. The van der Waals surface area contributed by atoms with E-state index in [0.717, 1.165) is 105 Å². The summed E-state index contributed by atoms with van der Waals surface area (Å²) in [6.07, 6.45) is 0. The van der Waals surface area contributed by atoms with Crippen LogP contribution in [-0.2, 0) is 0 Å². The molecule has 0 amide bonds. The van der Waals surface area contributed by atoms with Crippen LogP contribution in [-0.4, -0.2) is 24.1 Å². The van der Waals surface area contributed by atoms with Crippen molar-refractivity contribution in [3.8, 4) is 91.1 Å². The molecule has 342 valence electrons. The van der Waals surface area contributed by atoms with E-state index in [1.807, 2.05) is 127 Å². The lowest BCUT2D eigenvalue weighted by Gasteiger charge is -2.19. The molecule has 0 aliphatic rings. The number of nitrogens with zero attached hydrogens (tertiary/aromatic N) is 8. The summed E-state index contributed by atoms with van der Waals surface area (Å²) in [5, 5.41) is 25.0. The second kappa shape index (κ2) is 17.9. The van der Waals surface area contributed by atoms with Crippen LogP contribution in [0.25, 0.3) is 127 Å². The largest absolute Gasteiger partial charge is 0.309 e. The molecule has 3 heterocycles. The third kappa shape index (κ3) is 7.25. The molecule has 0 aliphatic carbocycles. The van der Waals surface area contributed by atoms with E-state index in [1.54, 1.807) is 0 Å². The Hall–Kier alpha value is -10.7. The van der Waals surface area contributed by atoms with E-state index in [4.69, 9.17) is 21.5 Å². The van der Waals surface area contributed by atoms with Gasteiger partial charge < -0.3 is 9.13 Å². The first-order valence-electron chi connectivity index (χ1n) is 24.2. The van der Waals surface area contributed by atoms with Gasteiger partial charge in [0, 0.05) is 49.5 Å². The molecule has 0 bridgehead atoms. The van der Waals surface area contributed by atoms with Crippen molar-refractivity contribution < 1.29 is 0 Å². The minimum Gasteiger partial charge on any atom is -0.309 e. The third-order valence-corrected chi connectivity index (χ3v) is 13.9. The van der Waals surface area contributed by atoms with Gasteiger partial charge in [-0.2, -0.15) is 10.5 Å². The van der Waals surface area contributed by atoms with E-state index < -0.39 is 0 Å². The molecule has 13 rings (SSSR count). The van der Waals surface area contributed by atoms with Crippen molar-refractivity contribution in [3.05, 3.63) is 253 Å². The van der Waals surface area contributed by atoms with E-state index in [2.05, 4.69) is 129 Å². The Bertz CT molecular complexity index is 4470. The van der Waals surface area contributed by atoms with Gasteiger partial charge in [-0.25, -0.2) is 19.8 Å². The fraction of sp³-hybridized carbons (Fsp3) is 0. The Balaban J connectivity index is 1.11. The highest BCUT2D eigenvalue weighted by Gasteiger charge is 2.24. The van der Waals surface area contributed by atoms with Gasteiger partial charge in [0.15, 0.2) is 23.2 Å². The molecule has 0 atom stereocenters. The van der Waals surface area contributed by atoms with Gasteiger partial charge in [0.1, 0.15) is 0 Å². The summed E-state index contributed by atoms with van der Waals surface area (Å²) in [5.41, 5.74) is 15.1. The Labute approximate surface area is 426 Å². The smallest absolute Gasteiger partial charge is 0.194 e. The molecule has 10 aromatic carbocycles. The number of fused-ring (bicyclic) bond motifs is 6. The molecule has 74 heavy (non-hydrogen) atoms. The van der Waals surface area contributed by atoms with Crippen molar-refractivity contribution in [3.63, 3.8) is 0 Å². The van der Waals surface area contributed by atoms with E-state index in [0.29, 0.717) is 34.3 Å². The first-order valence-corrected chi connectivity index (χ1v) is 24.2. The lowest BCUT2D eigenvalue weighted by atomic mass is 9.94. The molecular weight excluding hydrogens is 905 g/mol. The molecule has 0 radical (unpaired) electrons. The highest BCUT2D eigenvalue weighted by Crippen LogP contribution is 2.44. The minimum absolute atomic E-state index is 0.473. The van der Waals surface area contributed by atoms with Crippen molar-refractivity contribution in [1.29, 1.82) is 10.5 Å². The zero-order valence-electron chi connectivity index (χ0n) is 39.5. The lowest BCUT2D eigenvalue weighted by molar-refractivity contribution is 1.07. The van der Waals surface area contributed by atoms with Gasteiger partial charge in [0.2, 0.25) is 0 Å². The molecule has 0 spiro atoms. The highest BCUT2D eigenvalue weighted by atomic mass is 15.0. The summed E-state index contributed by atoms with van der Waals surface area (Å²) < 4.78 is 4.56. The summed E-state index contributed by atoms with van der Waals surface area (Å²) in [6, 6.07) is 82.1. The molecule has 8 nitrogen and oxygen atoms in total. The second-order valence-electron chi connectivity index (χ2n) is 18.1. The van der Waals surface area contributed by atoms with Gasteiger partial charge in [-0.1, -0.05) is 152 Å². The Morgan fingerprint density at radius 2 is 0.905 bits per heavy atom. The maximum atomic E-state index is 10.7. The van der Waals surface area contributed by atoms with Crippen LogP contribution in [0, 0.1) is 29.2 Å². The molecule has 8 heteroatoms. The fourth-order valence-corrected chi connectivity index (χ4v) is 10.5. The SMILES string of the molecule is [C-]#[N+]c1ccccc1-c1ccc2c(c1)c1ccccc1n2-c1ccc(C#N)cc1-c1cc(-n2c3ccccc3c3cc(-c4ccccc4C#N)ccc32)ccc1-c1nc(-c2ccccc2)nc(-c2ccccc2)n1. The summed E-state index contributed by atoms with van der Waals surface area (Å²) in [6.45, 7) is 7.94. The Kier molecular flexibility index (Phi) is 10.5. The van der Waals surface area contributed by atoms with Crippen LogP contribution in [0.4, 0.5) is 5.69 Å². The summed E-state index contributed by atoms with van der Waals surface area (Å²) in [7, 11) is 0. The molecule has 0 saturated heterocycles. The number of aromatic nitrogens is 5. The van der Waals surface area contributed by atoms with Crippen LogP contribution >= 0.6 is 0 Å². The van der Waals surface area contributed by atoms with E-state index in [1.165, 1.54) is 0 Å². The fourth-order valence-electron chi connectivity index (χ4n) is 10.5. The number of benzene rings is 10. The molecule has 0 saturated carbocycles. The predicted molar refractivity (Wildman–Crippen MR) is 297 cm³/mol. The third-order valence-electron chi connectivity index (χ3n) is 13.9. The van der Waals surface area contributed by atoms with Crippen molar-refractivity contribution in [1.82, 2.24) is 24.1 Å². The molecule has 0 fully saturated rings. The second-order valence-corrected chi connectivity index (χ2v) is 18.1. The Morgan fingerprint density at radius 1 is 0.365 bits per heavy atom. The van der Waals surface area contributed by atoms with Gasteiger partial charge in [-0.3, -0.25) is 0 Å². The average molecular weight is 943 g/mol. The monoisotopic (exact) mass is 942 g/mol. The maximum Gasteiger partial charge on any atom is 0.194 e. The number of hydrogen-bond acceptors (Lipinski definition) is 5. The van der Waals surface area contributed by atoms with Gasteiger partial charge in [-0.15, -0.1) is 0 Å². The topological polar surface area (TPSA) is 100 Å². The number of rotatable bonds is 8. The van der Waals surface area contributed by atoms with Gasteiger partial charge in [0.05, 0.1) is 57.6 Å². The molecule has 0 aliphatic heterocycles. The number of hydrogen-bond donors (Lipinski definition) is 0. The van der Waals surface area contributed by atoms with Crippen LogP contribution in [0.2, 0.25) is 0 Å². The average Bonchev–Trinajstić information content (AvgIpc) is 3.99. The molecule has 13 aromatic rings. The first kappa shape index (κ1) is 43.3. The van der Waals surface area contributed by atoms with Gasteiger partial charge in [0.25, 0.3) is 0 Å². The summed E-state index contributed by atoms with van der Waals surface area (Å²) in [4.78, 5) is 19.5. The van der Waals surface area contributed by atoms with Gasteiger partial charge in [-0.05, 0) is 107 Å². The summed E-state index contributed by atoms with van der Waals surface area (Å²) >= 11 is 0. The Morgan fingerprint density at radius 3 is 1.55 bits per heavy atom. The molecule has 0 unspecified atom stereocenters. The maximum absolute atomic E-state index is 10.7. The first-order chi connectivity index (χ1) is 36.6. The van der Waals surface area contributed by atoms with Crippen molar-refractivity contribution in [2.75, 3.05) is 0 Å². The quantitative estimate of drug-likeness (QED) is 0.141. The normalized spacial score (nSPS) is 11.2. The molecular formula is C66H38N8. The summed E-state index contributed by atoms with van der Waals surface area (Å²) in [5.74, 6) is 1.54. The predicted octanol–water partition coefficient (Wildman–Crippen LogP) is 16.4. The number of nitriles is 2. The van der Waals surface area contributed by atoms with Crippen LogP contribution in [0.15, 0.2) is 231 Å². The van der Waals surface area contributed by atoms with Crippen LogP contribution < -0.4 is 0 Å². The van der Waals surface area contributed by atoms with Crippen molar-refractivity contribution >= 4 is 49.3 Å². The highest BCUT2D eigenvalue weighted by molar-refractivity contribution is 6.12. The van der Waals surface area contributed by atoms with E-state index in [9.17, 15) is 10.5 Å². The van der Waals surface area contributed by atoms with E-state index >= 15 is 0 Å². The van der Waals surface area contributed by atoms with Crippen LogP contribution in [0.3, 0.4) is 0 Å². The molecule has 3 aromatic heterocycles. The standard InChI is InChI=1S/C66H38N8/c1-69-58-25-13-10-22-50(58)46-30-35-63-57(38-46)52-24-12-15-27-60(52)74(63)62-33-28-42(40-67)36-55(62)54-39-48(31-32-53(54)66-71-64(43-16-4-2-5-17-43)70-65(72-66)44-18-6-3-7-19-44)73-59-26-14-11-23-51(59)56-37-45(29-34-61(56)73)49-21-9-8-20-47(49)41-68/h2-39H. The minimum atomic E-state index is 0.473. The van der Waals surface area contributed by atoms with Crippen molar-refractivity contribution in [2.24, 2.45) is 0 Å². The van der Waals surface area contributed by atoms with E-state index in [-0.39, 0.29) is 0 Å². The lowest BCUT2D eigenvalue weighted by Crippen LogP contribution is -2.04. The van der Waals surface area contributed by atoms with Gasteiger partial charge >= 0.3 is 0 Å². The molecule has 0 N–H and O–H groups in total. The zero-order chi connectivity index (χ0) is 49.7. The van der Waals surface area contributed by atoms with Crippen molar-refractivity contribution in [2.45, 2.75) is 0 Å². The van der Waals surface area contributed by atoms with Crippen LogP contribution in [0.5, 0.6) is 0 Å².